The lowest BCUT2D eigenvalue weighted by atomic mass is 9.82. The van der Waals surface area contributed by atoms with Crippen molar-refractivity contribution >= 4 is 0 Å². The minimum atomic E-state index is -0.514. The maximum atomic E-state index is 9.83. The number of aromatic hydroxyl groups is 1. The summed E-state index contributed by atoms with van der Waals surface area (Å²) in [5.74, 6) is 1.37. The van der Waals surface area contributed by atoms with E-state index in [0.29, 0.717) is 17.6 Å². The van der Waals surface area contributed by atoms with E-state index in [1.54, 1.807) is 12.1 Å². The van der Waals surface area contributed by atoms with Gasteiger partial charge < -0.3 is 14.6 Å². The number of phenolic OH excluding ortho intramolecular Hbond substituents is 1. The molecule has 1 fully saturated rings. The molecule has 2 heterocycles. The molecule has 1 aromatic rings. The predicted octanol–water partition coefficient (Wildman–Crippen LogP) is 2.33. The Bertz CT molecular complexity index is 429. The molecule has 0 saturated carbocycles. The molecule has 3 heteroatoms. The van der Waals surface area contributed by atoms with Gasteiger partial charge in [0.1, 0.15) is 11.5 Å². The van der Waals surface area contributed by atoms with Crippen LogP contribution in [0.4, 0.5) is 0 Å². The monoisotopic (exact) mass is 220 g/mol. The molecule has 0 radical (unpaired) electrons. The van der Waals surface area contributed by atoms with E-state index in [-0.39, 0.29) is 0 Å². The van der Waals surface area contributed by atoms with Crippen LogP contribution in [-0.2, 0) is 11.2 Å². The highest BCUT2D eigenvalue weighted by Gasteiger charge is 2.50. The normalized spacial score (nSPS) is 36.4. The zero-order chi connectivity index (χ0) is 11.3. The number of fused-ring (bicyclic) bond motifs is 2. The number of rotatable bonds is 0. The molecule has 0 aromatic heterocycles. The summed E-state index contributed by atoms with van der Waals surface area (Å²) in [7, 11) is 0. The van der Waals surface area contributed by atoms with E-state index in [9.17, 15) is 5.11 Å². The first-order chi connectivity index (χ1) is 7.60. The largest absolute Gasteiger partial charge is 0.508 e. The Morgan fingerprint density at radius 2 is 2.25 bits per heavy atom. The minimum absolute atomic E-state index is 0.327. The summed E-state index contributed by atoms with van der Waals surface area (Å²) < 4.78 is 11.7. The summed E-state index contributed by atoms with van der Waals surface area (Å²) in [6.45, 7) is 4.90. The van der Waals surface area contributed by atoms with Gasteiger partial charge >= 0.3 is 0 Å². The Hall–Kier alpha value is -1.22. The van der Waals surface area contributed by atoms with Crippen molar-refractivity contribution in [2.45, 2.75) is 26.1 Å². The van der Waals surface area contributed by atoms with Crippen molar-refractivity contribution in [1.82, 2.24) is 0 Å². The molecule has 86 valence electrons. The quantitative estimate of drug-likeness (QED) is 0.729. The van der Waals surface area contributed by atoms with Crippen molar-refractivity contribution < 1.29 is 14.6 Å². The molecular weight excluding hydrogens is 204 g/mol. The van der Waals surface area contributed by atoms with Crippen LogP contribution in [0.25, 0.3) is 0 Å². The number of phenols is 1. The molecule has 1 saturated heterocycles. The Morgan fingerprint density at radius 3 is 3.06 bits per heavy atom. The second kappa shape index (κ2) is 3.14. The number of hydrogen-bond donors (Lipinski definition) is 1. The SMILES string of the molecule is C[C@H]1CO[C@]2(C)Oc3cccc(O)c3C[C@H]12. The van der Waals surface area contributed by atoms with E-state index in [4.69, 9.17) is 9.47 Å². The fourth-order valence-electron chi connectivity index (χ4n) is 2.82. The molecule has 3 rings (SSSR count). The predicted molar refractivity (Wildman–Crippen MR) is 59.4 cm³/mol. The van der Waals surface area contributed by atoms with E-state index in [1.165, 1.54) is 0 Å². The van der Waals surface area contributed by atoms with Crippen molar-refractivity contribution in [2.75, 3.05) is 6.61 Å². The maximum absolute atomic E-state index is 9.83. The maximum Gasteiger partial charge on any atom is 0.211 e. The van der Waals surface area contributed by atoms with Crippen LogP contribution in [0.1, 0.15) is 19.4 Å². The third-order valence-electron chi connectivity index (χ3n) is 3.84. The summed E-state index contributed by atoms with van der Waals surface area (Å²) in [5.41, 5.74) is 0.919. The molecular formula is C13H16O3. The van der Waals surface area contributed by atoms with Crippen LogP contribution in [0.2, 0.25) is 0 Å². The van der Waals surface area contributed by atoms with Crippen molar-refractivity contribution in [3.8, 4) is 11.5 Å². The smallest absolute Gasteiger partial charge is 0.211 e. The average molecular weight is 220 g/mol. The Kier molecular flexibility index (Phi) is 1.96. The van der Waals surface area contributed by atoms with Gasteiger partial charge in [-0.15, -0.1) is 0 Å². The Labute approximate surface area is 95.0 Å². The van der Waals surface area contributed by atoms with E-state index >= 15 is 0 Å². The van der Waals surface area contributed by atoms with Gasteiger partial charge in [0.15, 0.2) is 0 Å². The summed E-state index contributed by atoms with van der Waals surface area (Å²) in [6, 6.07) is 5.41. The molecule has 1 aromatic carbocycles. The molecule has 16 heavy (non-hydrogen) atoms. The number of hydrogen-bond acceptors (Lipinski definition) is 3. The van der Waals surface area contributed by atoms with E-state index in [0.717, 1.165) is 24.3 Å². The lowest BCUT2D eigenvalue weighted by molar-refractivity contribution is -0.166. The van der Waals surface area contributed by atoms with Crippen molar-refractivity contribution in [1.29, 1.82) is 0 Å². The fraction of sp³-hybridized carbons (Fsp3) is 0.538. The summed E-state index contributed by atoms with van der Waals surface area (Å²) >= 11 is 0. The van der Waals surface area contributed by atoms with Crippen molar-refractivity contribution in [2.24, 2.45) is 11.8 Å². The van der Waals surface area contributed by atoms with Gasteiger partial charge in [-0.05, 0) is 24.5 Å². The molecule has 0 unspecified atom stereocenters. The lowest BCUT2D eigenvalue weighted by Gasteiger charge is -2.37. The van der Waals surface area contributed by atoms with Crippen molar-refractivity contribution in [3.05, 3.63) is 23.8 Å². The highest BCUT2D eigenvalue weighted by atomic mass is 16.7. The zero-order valence-corrected chi connectivity index (χ0v) is 9.56. The number of ether oxygens (including phenoxy) is 2. The average Bonchev–Trinajstić information content (AvgIpc) is 2.53. The van der Waals surface area contributed by atoms with Crippen LogP contribution < -0.4 is 4.74 Å². The van der Waals surface area contributed by atoms with E-state index in [1.807, 2.05) is 13.0 Å². The molecule has 2 aliphatic heterocycles. The standard InChI is InChI=1S/C13H16O3/c1-8-7-15-13(2)10(8)6-9-11(14)4-3-5-12(9)16-13/h3-5,8,10,14H,6-7H2,1-2H3/t8-,10+,13+/m0/s1. The molecule has 3 atom stereocenters. The zero-order valence-electron chi connectivity index (χ0n) is 9.56. The van der Waals surface area contributed by atoms with Crippen LogP contribution in [0.15, 0.2) is 18.2 Å². The summed E-state index contributed by atoms with van der Waals surface area (Å²) in [6.07, 6.45) is 0.833. The Balaban J connectivity index is 2.06. The van der Waals surface area contributed by atoms with Crippen LogP contribution >= 0.6 is 0 Å². The van der Waals surface area contributed by atoms with Gasteiger partial charge in [-0.25, -0.2) is 0 Å². The molecule has 1 N–H and O–H groups in total. The third kappa shape index (κ3) is 1.24. The second-order valence-electron chi connectivity index (χ2n) is 4.97. The van der Waals surface area contributed by atoms with Gasteiger partial charge in [0, 0.05) is 18.4 Å². The van der Waals surface area contributed by atoms with Crippen LogP contribution in [-0.4, -0.2) is 17.5 Å². The first-order valence-electron chi connectivity index (χ1n) is 5.74. The first-order valence-corrected chi connectivity index (χ1v) is 5.74. The number of benzene rings is 1. The van der Waals surface area contributed by atoms with Gasteiger partial charge in [-0.3, -0.25) is 0 Å². The highest BCUT2D eigenvalue weighted by molar-refractivity contribution is 5.46. The highest BCUT2D eigenvalue weighted by Crippen LogP contribution is 2.47. The van der Waals surface area contributed by atoms with Crippen LogP contribution in [0.5, 0.6) is 11.5 Å². The van der Waals surface area contributed by atoms with E-state index in [2.05, 4.69) is 6.92 Å². The summed E-state index contributed by atoms with van der Waals surface area (Å²) in [4.78, 5) is 0. The molecule has 0 aliphatic carbocycles. The van der Waals surface area contributed by atoms with Crippen LogP contribution in [0.3, 0.4) is 0 Å². The molecule has 0 amide bonds. The van der Waals surface area contributed by atoms with Gasteiger partial charge in [0.05, 0.1) is 6.61 Å². The first kappa shape index (κ1) is 9.97. The fourth-order valence-corrected chi connectivity index (χ4v) is 2.82. The second-order valence-corrected chi connectivity index (χ2v) is 4.97. The molecule has 0 bridgehead atoms. The van der Waals surface area contributed by atoms with Gasteiger partial charge in [0.2, 0.25) is 5.79 Å². The van der Waals surface area contributed by atoms with Gasteiger partial charge in [-0.1, -0.05) is 13.0 Å². The van der Waals surface area contributed by atoms with Crippen LogP contribution in [0, 0.1) is 11.8 Å². The third-order valence-corrected chi connectivity index (χ3v) is 3.84. The van der Waals surface area contributed by atoms with Gasteiger partial charge in [-0.2, -0.15) is 0 Å². The molecule has 3 nitrogen and oxygen atoms in total. The minimum Gasteiger partial charge on any atom is -0.508 e. The lowest BCUT2D eigenvalue weighted by Crippen LogP contribution is -2.43. The molecule has 2 aliphatic rings. The topological polar surface area (TPSA) is 38.7 Å². The van der Waals surface area contributed by atoms with Gasteiger partial charge in [0.25, 0.3) is 0 Å². The van der Waals surface area contributed by atoms with E-state index < -0.39 is 5.79 Å². The summed E-state index contributed by atoms with van der Waals surface area (Å²) in [5, 5.41) is 9.83. The Morgan fingerprint density at radius 1 is 1.44 bits per heavy atom. The van der Waals surface area contributed by atoms with Crippen molar-refractivity contribution in [3.63, 3.8) is 0 Å². The molecule has 0 spiro atoms.